The third kappa shape index (κ3) is 4.74. The van der Waals surface area contributed by atoms with Gasteiger partial charge in [0.05, 0.1) is 14.2 Å². The molecule has 0 radical (unpaired) electrons. The Hall–Kier alpha value is -1.48. The summed E-state index contributed by atoms with van der Waals surface area (Å²) < 4.78 is 25.0. The standard InChI is InChI=1S/C16H20ClFO2.C3H6/c1-10-7-13(19-2)14(16(20-3)15(10)18)12-6-4-5-11(8-12)9-17;1-3-2/h7-8,12H,4-6,9H2,1-3H3;3H,1H2,2H3. The van der Waals surface area contributed by atoms with Crippen molar-refractivity contribution in [1.29, 1.82) is 0 Å². The number of alkyl halides is 1. The normalized spacial score (nSPS) is 16.8. The van der Waals surface area contributed by atoms with Gasteiger partial charge in [0.15, 0.2) is 11.6 Å². The summed E-state index contributed by atoms with van der Waals surface area (Å²) in [5.74, 6) is 1.28. The van der Waals surface area contributed by atoms with E-state index in [1.807, 2.05) is 6.92 Å². The Balaban J connectivity index is 0.000000816. The van der Waals surface area contributed by atoms with Crippen LogP contribution in [0.1, 0.15) is 43.2 Å². The number of benzene rings is 1. The molecule has 1 atom stereocenters. The molecule has 1 unspecified atom stereocenters. The minimum absolute atomic E-state index is 0.0949. The highest BCUT2D eigenvalue weighted by molar-refractivity contribution is 6.19. The topological polar surface area (TPSA) is 18.5 Å². The van der Waals surface area contributed by atoms with Gasteiger partial charge in [0.1, 0.15) is 5.75 Å². The van der Waals surface area contributed by atoms with Crippen LogP contribution in [-0.2, 0) is 0 Å². The molecule has 1 aliphatic rings. The van der Waals surface area contributed by atoms with E-state index in [0.29, 0.717) is 22.9 Å². The Labute approximate surface area is 143 Å². The molecule has 0 aliphatic heterocycles. The van der Waals surface area contributed by atoms with Crippen molar-refractivity contribution < 1.29 is 13.9 Å². The first-order valence-corrected chi connectivity index (χ1v) is 8.30. The van der Waals surface area contributed by atoms with Crippen molar-refractivity contribution in [2.75, 3.05) is 20.1 Å². The van der Waals surface area contributed by atoms with Crippen molar-refractivity contribution in [3.63, 3.8) is 0 Å². The summed E-state index contributed by atoms with van der Waals surface area (Å²) in [5.41, 5.74) is 2.52. The molecule has 1 aromatic rings. The van der Waals surface area contributed by atoms with Crippen molar-refractivity contribution >= 4 is 11.6 Å². The molecule has 0 spiro atoms. The van der Waals surface area contributed by atoms with Crippen LogP contribution in [0.3, 0.4) is 0 Å². The van der Waals surface area contributed by atoms with Gasteiger partial charge >= 0.3 is 0 Å². The average Bonchev–Trinajstić information content (AvgIpc) is 2.57. The van der Waals surface area contributed by atoms with Gasteiger partial charge in [-0.05, 0) is 44.7 Å². The fourth-order valence-electron chi connectivity index (χ4n) is 2.81. The minimum atomic E-state index is -0.310. The second-order valence-electron chi connectivity index (χ2n) is 5.52. The number of rotatable bonds is 4. The summed E-state index contributed by atoms with van der Waals surface area (Å²) >= 11 is 5.93. The van der Waals surface area contributed by atoms with E-state index in [0.717, 1.165) is 24.8 Å². The van der Waals surface area contributed by atoms with Crippen LogP contribution in [0, 0.1) is 12.7 Å². The molecule has 0 saturated carbocycles. The van der Waals surface area contributed by atoms with Crippen LogP contribution >= 0.6 is 11.6 Å². The highest BCUT2D eigenvalue weighted by atomic mass is 35.5. The minimum Gasteiger partial charge on any atom is -0.496 e. The number of aryl methyl sites for hydroxylation is 1. The fourth-order valence-corrected chi connectivity index (χ4v) is 3.03. The Morgan fingerprint density at radius 2 is 2.04 bits per heavy atom. The smallest absolute Gasteiger partial charge is 0.168 e. The first-order valence-electron chi connectivity index (χ1n) is 7.77. The molecule has 2 rings (SSSR count). The lowest BCUT2D eigenvalue weighted by molar-refractivity contribution is 0.359. The van der Waals surface area contributed by atoms with Crippen molar-refractivity contribution in [3.05, 3.63) is 47.3 Å². The zero-order chi connectivity index (χ0) is 17.4. The molecule has 0 saturated heterocycles. The monoisotopic (exact) mass is 340 g/mol. The Morgan fingerprint density at radius 1 is 1.39 bits per heavy atom. The van der Waals surface area contributed by atoms with E-state index in [4.69, 9.17) is 21.1 Å². The predicted octanol–water partition coefficient (Wildman–Crippen LogP) is 5.78. The van der Waals surface area contributed by atoms with Gasteiger partial charge in [-0.3, -0.25) is 0 Å². The lowest BCUT2D eigenvalue weighted by Crippen LogP contribution is -2.09. The van der Waals surface area contributed by atoms with E-state index in [-0.39, 0.29) is 11.7 Å². The van der Waals surface area contributed by atoms with E-state index >= 15 is 0 Å². The van der Waals surface area contributed by atoms with E-state index in [1.165, 1.54) is 12.7 Å². The van der Waals surface area contributed by atoms with Gasteiger partial charge in [0.25, 0.3) is 0 Å². The number of ether oxygens (including phenoxy) is 2. The lowest BCUT2D eigenvalue weighted by atomic mass is 9.84. The zero-order valence-corrected chi connectivity index (χ0v) is 15.2. The molecule has 1 aromatic carbocycles. The fraction of sp³-hybridized carbons (Fsp3) is 0.474. The highest BCUT2D eigenvalue weighted by Gasteiger charge is 2.26. The largest absolute Gasteiger partial charge is 0.496 e. The molecule has 2 nitrogen and oxygen atoms in total. The summed E-state index contributed by atoms with van der Waals surface area (Å²) in [6.07, 6.45) is 6.89. The molecule has 4 heteroatoms. The van der Waals surface area contributed by atoms with Gasteiger partial charge in [0.2, 0.25) is 0 Å². The van der Waals surface area contributed by atoms with Crippen LogP contribution < -0.4 is 9.47 Å². The molecule has 23 heavy (non-hydrogen) atoms. The van der Waals surface area contributed by atoms with Gasteiger partial charge < -0.3 is 9.47 Å². The van der Waals surface area contributed by atoms with Crippen LogP contribution in [0.4, 0.5) is 4.39 Å². The van der Waals surface area contributed by atoms with Gasteiger partial charge in [-0.2, -0.15) is 0 Å². The SMILES string of the molecule is C=CC.COc1cc(C)c(F)c(OC)c1C1C=C(CCl)CCC1. The van der Waals surface area contributed by atoms with E-state index in [2.05, 4.69) is 12.7 Å². The van der Waals surface area contributed by atoms with Gasteiger partial charge in [-0.1, -0.05) is 17.7 Å². The van der Waals surface area contributed by atoms with E-state index in [9.17, 15) is 4.39 Å². The van der Waals surface area contributed by atoms with Crippen molar-refractivity contribution in [2.24, 2.45) is 0 Å². The molecule has 0 bridgehead atoms. The van der Waals surface area contributed by atoms with Crippen molar-refractivity contribution in [1.82, 2.24) is 0 Å². The average molecular weight is 341 g/mol. The van der Waals surface area contributed by atoms with Gasteiger partial charge in [-0.25, -0.2) is 4.39 Å². The summed E-state index contributed by atoms with van der Waals surface area (Å²) in [7, 11) is 3.10. The molecular formula is C19H26ClFO2. The molecule has 0 heterocycles. The van der Waals surface area contributed by atoms with E-state index in [1.54, 1.807) is 26.2 Å². The number of halogens is 2. The quantitative estimate of drug-likeness (QED) is 0.511. The molecular weight excluding hydrogens is 315 g/mol. The van der Waals surface area contributed by atoms with Crippen molar-refractivity contribution in [2.45, 2.75) is 39.0 Å². The molecule has 128 valence electrons. The second kappa shape index (κ2) is 9.61. The van der Waals surface area contributed by atoms with Crippen LogP contribution in [0.15, 0.2) is 30.4 Å². The third-order valence-electron chi connectivity index (χ3n) is 3.82. The summed E-state index contributed by atoms with van der Waals surface area (Å²) in [6.45, 7) is 6.96. The lowest BCUT2D eigenvalue weighted by Gasteiger charge is -2.25. The van der Waals surface area contributed by atoms with E-state index < -0.39 is 0 Å². The first-order chi connectivity index (χ1) is 11.0. The van der Waals surface area contributed by atoms with Crippen LogP contribution in [-0.4, -0.2) is 20.1 Å². The predicted molar refractivity (Wildman–Crippen MR) is 95.5 cm³/mol. The number of hydrogen-bond donors (Lipinski definition) is 0. The maximum Gasteiger partial charge on any atom is 0.168 e. The van der Waals surface area contributed by atoms with Crippen LogP contribution in [0.25, 0.3) is 0 Å². The Morgan fingerprint density at radius 3 is 2.57 bits per heavy atom. The summed E-state index contributed by atoms with van der Waals surface area (Å²) in [5, 5.41) is 0. The summed E-state index contributed by atoms with van der Waals surface area (Å²) in [4.78, 5) is 0. The highest BCUT2D eigenvalue weighted by Crippen LogP contribution is 2.43. The van der Waals surface area contributed by atoms with Crippen LogP contribution in [0.5, 0.6) is 11.5 Å². The number of methoxy groups -OCH3 is 2. The molecule has 0 fully saturated rings. The van der Waals surface area contributed by atoms with Crippen molar-refractivity contribution in [3.8, 4) is 11.5 Å². The second-order valence-corrected chi connectivity index (χ2v) is 5.79. The summed E-state index contributed by atoms with van der Waals surface area (Å²) in [6, 6.07) is 1.73. The maximum absolute atomic E-state index is 14.3. The first kappa shape index (κ1) is 19.6. The molecule has 1 aliphatic carbocycles. The maximum atomic E-state index is 14.3. The number of hydrogen-bond acceptors (Lipinski definition) is 2. The van der Waals surface area contributed by atoms with Crippen LogP contribution in [0.2, 0.25) is 0 Å². The zero-order valence-electron chi connectivity index (χ0n) is 14.4. The third-order valence-corrected chi connectivity index (χ3v) is 4.16. The van der Waals surface area contributed by atoms with Gasteiger partial charge in [-0.15, -0.1) is 18.2 Å². The Bertz CT molecular complexity index is 567. The van der Waals surface area contributed by atoms with Gasteiger partial charge in [0, 0.05) is 17.4 Å². The molecule has 0 N–H and O–H groups in total. The molecule has 0 amide bonds. The Kier molecular flexibility index (Phi) is 8.18. The molecule has 0 aromatic heterocycles. The number of allylic oxidation sites excluding steroid dienone is 3.